The lowest BCUT2D eigenvalue weighted by atomic mass is 10.1. The molecule has 2 aliphatic rings. The molecule has 0 radical (unpaired) electrons. The Kier molecular flexibility index (Phi) is 6.69. The van der Waals surface area contributed by atoms with Crippen LogP contribution in [0.2, 0.25) is 0 Å². The number of benzene rings is 1. The Hall–Kier alpha value is -1.68. The Balaban J connectivity index is 1.64. The van der Waals surface area contributed by atoms with Gasteiger partial charge in [0.25, 0.3) is 5.91 Å². The van der Waals surface area contributed by atoms with Gasteiger partial charge in [0.15, 0.2) is 0 Å². The fourth-order valence-electron chi connectivity index (χ4n) is 2.96. The van der Waals surface area contributed by atoms with Crippen LogP contribution in [0.25, 0.3) is 0 Å². The lowest BCUT2D eigenvalue weighted by molar-refractivity contribution is 0.0936. The zero-order valence-corrected chi connectivity index (χ0v) is 16.2. The van der Waals surface area contributed by atoms with E-state index in [1.165, 1.54) is 25.0 Å². The van der Waals surface area contributed by atoms with Crippen LogP contribution in [-0.4, -0.2) is 60.4 Å². The first-order valence-corrected chi connectivity index (χ1v) is 10.9. The van der Waals surface area contributed by atoms with Crippen LogP contribution < -0.4 is 15.4 Å². The number of nitrogens with one attached hydrogen (secondary N) is 1. The summed E-state index contributed by atoms with van der Waals surface area (Å²) >= 11 is 0. The second-order valence-electron chi connectivity index (χ2n) is 6.95. The number of primary sulfonamides is 1. The van der Waals surface area contributed by atoms with Crippen molar-refractivity contribution < 1.29 is 22.7 Å². The number of ether oxygens (including phenoxy) is 2. The number of sulfonamides is 1. The van der Waals surface area contributed by atoms with Gasteiger partial charge in [-0.15, -0.1) is 0 Å². The minimum Gasteiger partial charge on any atom is -0.381 e. The molecule has 3 N–H and O–H groups in total. The smallest absolute Gasteiger partial charge is 0.253 e. The highest BCUT2D eigenvalue weighted by Crippen LogP contribution is 2.28. The van der Waals surface area contributed by atoms with E-state index in [1.54, 1.807) is 6.07 Å². The minimum absolute atomic E-state index is 0.0718. The third-order valence-electron chi connectivity index (χ3n) is 4.69. The van der Waals surface area contributed by atoms with E-state index in [1.807, 2.05) is 4.90 Å². The van der Waals surface area contributed by atoms with E-state index in [4.69, 9.17) is 14.6 Å². The van der Waals surface area contributed by atoms with Gasteiger partial charge in [-0.1, -0.05) is 0 Å². The number of nitrogens with zero attached hydrogens (tertiary/aromatic N) is 1. The Morgan fingerprint density at radius 3 is 2.70 bits per heavy atom. The van der Waals surface area contributed by atoms with E-state index in [0.717, 1.165) is 12.5 Å². The van der Waals surface area contributed by atoms with E-state index in [-0.39, 0.29) is 10.8 Å². The van der Waals surface area contributed by atoms with Gasteiger partial charge in [-0.05, 0) is 43.4 Å². The van der Waals surface area contributed by atoms with Gasteiger partial charge in [0.05, 0.1) is 23.7 Å². The second-order valence-corrected chi connectivity index (χ2v) is 8.51. The third-order valence-corrected chi connectivity index (χ3v) is 5.61. The van der Waals surface area contributed by atoms with Crippen molar-refractivity contribution >= 4 is 21.6 Å². The van der Waals surface area contributed by atoms with Crippen molar-refractivity contribution in [2.75, 3.05) is 51.0 Å². The van der Waals surface area contributed by atoms with Gasteiger partial charge in [0.1, 0.15) is 0 Å². The van der Waals surface area contributed by atoms with Crippen LogP contribution in [0.3, 0.4) is 0 Å². The SMILES string of the molecule is NS(=O)(=O)c1ccc(N2CCOCC2)c(C(=O)NCCCOCC2CC2)c1. The number of anilines is 1. The molecule has 9 heteroatoms. The fourth-order valence-corrected chi connectivity index (χ4v) is 3.50. The van der Waals surface area contributed by atoms with Crippen molar-refractivity contribution in [3.63, 3.8) is 0 Å². The normalized spacial score (nSPS) is 17.7. The van der Waals surface area contributed by atoms with Crippen LogP contribution in [0.1, 0.15) is 29.6 Å². The summed E-state index contributed by atoms with van der Waals surface area (Å²) in [4.78, 5) is 14.6. The van der Waals surface area contributed by atoms with E-state index in [9.17, 15) is 13.2 Å². The van der Waals surface area contributed by atoms with Crippen molar-refractivity contribution in [2.24, 2.45) is 11.1 Å². The quantitative estimate of drug-likeness (QED) is 0.594. The maximum atomic E-state index is 12.7. The molecule has 0 bridgehead atoms. The van der Waals surface area contributed by atoms with Crippen LogP contribution in [-0.2, 0) is 19.5 Å². The van der Waals surface area contributed by atoms with Gasteiger partial charge < -0.3 is 19.7 Å². The summed E-state index contributed by atoms with van der Waals surface area (Å²) in [6.07, 6.45) is 3.21. The first-order chi connectivity index (χ1) is 12.9. The molecule has 1 heterocycles. The van der Waals surface area contributed by atoms with E-state index in [0.29, 0.717) is 57.1 Å². The lowest BCUT2D eigenvalue weighted by Gasteiger charge is -2.30. The Morgan fingerprint density at radius 1 is 1.30 bits per heavy atom. The van der Waals surface area contributed by atoms with Gasteiger partial charge in [0, 0.05) is 38.5 Å². The van der Waals surface area contributed by atoms with Gasteiger partial charge in [-0.25, -0.2) is 13.6 Å². The molecule has 1 amide bonds. The van der Waals surface area contributed by atoms with E-state index in [2.05, 4.69) is 5.32 Å². The number of rotatable bonds is 9. The molecular weight excluding hydrogens is 370 g/mol. The zero-order chi connectivity index (χ0) is 19.3. The Bertz CT molecular complexity index is 758. The van der Waals surface area contributed by atoms with Gasteiger partial charge in [-0.3, -0.25) is 4.79 Å². The molecule has 1 saturated carbocycles. The molecule has 3 rings (SSSR count). The highest BCUT2D eigenvalue weighted by atomic mass is 32.2. The number of carbonyl (C=O) groups is 1. The largest absolute Gasteiger partial charge is 0.381 e. The molecule has 0 spiro atoms. The Morgan fingerprint density at radius 2 is 2.04 bits per heavy atom. The number of carbonyl (C=O) groups excluding carboxylic acids is 1. The Labute approximate surface area is 160 Å². The predicted molar refractivity (Wildman–Crippen MR) is 101 cm³/mol. The number of hydrogen-bond acceptors (Lipinski definition) is 6. The summed E-state index contributed by atoms with van der Waals surface area (Å²) in [5.74, 6) is 0.404. The number of nitrogens with two attached hydrogens (primary N) is 1. The van der Waals surface area contributed by atoms with Gasteiger partial charge in [0.2, 0.25) is 10.0 Å². The maximum Gasteiger partial charge on any atom is 0.253 e. The molecular formula is C18H27N3O5S. The number of morpholine rings is 1. The monoisotopic (exact) mass is 397 g/mol. The molecule has 0 unspecified atom stereocenters. The van der Waals surface area contributed by atoms with Crippen LogP contribution in [0.5, 0.6) is 0 Å². The molecule has 1 aliphatic carbocycles. The maximum absolute atomic E-state index is 12.7. The van der Waals surface area contributed by atoms with E-state index >= 15 is 0 Å². The molecule has 27 heavy (non-hydrogen) atoms. The number of hydrogen-bond donors (Lipinski definition) is 2. The molecule has 150 valence electrons. The van der Waals surface area contributed by atoms with Crippen LogP contribution in [0, 0.1) is 5.92 Å². The molecule has 1 aromatic rings. The van der Waals surface area contributed by atoms with Crippen molar-refractivity contribution in [3.05, 3.63) is 23.8 Å². The van der Waals surface area contributed by atoms with Crippen LogP contribution in [0.15, 0.2) is 23.1 Å². The highest BCUT2D eigenvalue weighted by molar-refractivity contribution is 7.89. The van der Waals surface area contributed by atoms with Crippen LogP contribution in [0.4, 0.5) is 5.69 Å². The van der Waals surface area contributed by atoms with Crippen molar-refractivity contribution in [3.8, 4) is 0 Å². The summed E-state index contributed by atoms with van der Waals surface area (Å²) in [5, 5.41) is 8.08. The lowest BCUT2D eigenvalue weighted by Crippen LogP contribution is -2.38. The minimum atomic E-state index is -3.88. The topological polar surface area (TPSA) is 111 Å². The summed E-state index contributed by atoms with van der Waals surface area (Å²) in [5.41, 5.74) is 0.996. The first-order valence-electron chi connectivity index (χ1n) is 9.30. The van der Waals surface area contributed by atoms with Gasteiger partial charge in [-0.2, -0.15) is 0 Å². The molecule has 1 aliphatic heterocycles. The molecule has 8 nitrogen and oxygen atoms in total. The van der Waals surface area contributed by atoms with Crippen LogP contribution >= 0.6 is 0 Å². The van der Waals surface area contributed by atoms with Crippen molar-refractivity contribution in [1.29, 1.82) is 0 Å². The molecule has 1 aromatic carbocycles. The molecule has 2 fully saturated rings. The first kappa shape index (κ1) is 20.1. The zero-order valence-electron chi connectivity index (χ0n) is 15.4. The number of amides is 1. The summed E-state index contributed by atoms with van der Waals surface area (Å²) in [7, 11) is -3.88. The van der Waals surface area contributed by atoms with E-state index < -0.39 is 10.0 Å². The van der Waals surface area contributed by atoms with Gasteiger partial charge >= 0.3 is 0 Å². The predicted octanol–water partition coefficient (Wildman–Crippen LogP) is 0.717. The third kappa shape index (κ3) is 5.90. The molecule has 1 saturated heterocycles. The summed E-state index contributed by atoms with van der Waals surface area (Å²) in [6, 6.07) is 4.42. The highest BCUT2D eigenvalue weighted by Gasteiger charge is 2.22. The van der Waals surface area contributed by atoms with Crippen molar-refractivity contribution in [2.45, 2.75) is 24.2 Å². The standard InChI is InChI=1S/C18H27N3O5S/c19-27(23,24)15-4-5-17(21-7-10-25-11-8-21)16(12-15)18(22)20-6-1-9-26-13-14-2-3-14/h4-5,12,14H,1-3,6-11,13H2,(H,20,22)(H2,19,23,24). The average Bonchev–Trinajstić information content (AvgIpc) is 3.48. The average molecular weight is 397 g/mol. The molecule has 0 aromatic heterocycles. The molecule has 0 atom stereocenters. The summed E-state index contributed by atoms with van der Waals surface area (Å²) < 4.78 is 34.3. The fraction of sp³-hybridized carbons (Fsp3) is 0.611. The second kappa shape index (κ2) is 9.01. The van der Waals surface area contributed by atoms with Crippen molar-refractivity contribution in [1.82, 2.24) is 5.32 Å². The summed E-state index contributed by atoms with van der Waals surface area (Å²) in [6.45, 7) is 4.28.